The van der Waals surface area contributed by atoms with Gasteiger partial charge in [0.2, 0.25) is 0 Å². The molecule has 0 spiro atoms. The Kier molecular flexibility index (Phi) is 6.23. The number of hydrogen-bond donors (Lipinski definition) is 0. The first kappa shape index (κ1) is 19.6. The smallest absolute Gasteiger partial charge is 0.193 e. The van der Waals surface area contributed by atoms with E-state index >= 15 is 0 Å². The fourth-order valence-electron chi connectivity index (χ4n) is 2.22. The minimum atomic E-state index is -1.20. The summed E-state index contributed by atoms with van der Waals surface area (Å²) in [5.41, 5.74) is 1.53. The summed E-state index contributed by atoms with van der Waals surface area (Å²) in [6.07, 6.45) is 0. The lowest BCUT2D eigenvalue weighted by Crippen LogP contribution is -2.13. The molecule has 24 heavy (non-hydrogen) atoms. The number of hydrogen-bond acceptors (Lipinski definition) is 3. The zero-order valence-corrected chi connectivity index (χ0v) is 19.0. The van der Waals surface area contributed by atoms with Gasteiger partial charge in [0.25, 0.3) is 0 Å². The van der Waals surface area contributed by atoms with Crippen molar-refractivity contribution in [1.29, 1.82) is 0 Å². The molecule has 0 N–H and O–H groups in total. The largest absolute Gasteiger partial charge is 0.289 e. The van der Waals surface area contributed by atoms with Crippen LogP contribution >= 0.6 is 22.4 Å². The van der Waals surface area contributed by atoms with Gasteiger partial charge in [0, 0.05) is 20.9 Å². The Morgan fingerprint density at radius 1 is 0.625 bits per heavy atom. The molecule has 0 atom stereocenters. The Morgan fingerprint density at radius 3 is 1.17 bits per heavy atom. The van der Waals surface area contributed by atoms with Crippen molar-refractivity contribution in [2.45, 2.75) is 49.1 Å². The first-order valence-electron chi connectivity index (χ1n) is 8.16. The van der Waals surface area contributed by atoms with Crippen LogP contribution in [0.15, 0.2) is 58.3 Å². The monoisotopic (exact) mass is 390 g/mol. The Labute approximate surface area is 155 Å². The van der Waals surface area contributed by atoms with Crippen LogP contribution in [-0.2, 0) is 0 Å². The number of rotatable bonds is 6. The summed E-state index contributed by atoms with van der Waals surface area (Å²) in [6, 6.07) is 16.1. The van der Waals surface area contributed by atoms with E-state index in [0.29, 0.717) is 0 Å². The molecule has 0 unspecified atom stereocenters. The molecule has 0 aromatic heterocycles. The van der Waals surface area contributed by atoms with Crippen LogP contribution in [0.4, 0.5) is 0 Å². The van der Waals surface area contributed by atoms with Crippen LogP contribution in [0.2, 0.25) is 39.3 Å². The van der Waals surface area contributed by atoms with Crippen molar-refractivity contribution in [1.82, 2.24) is 0 Å². The molecule has 0 saturated carbocycles. The van der Waals surface area contributed by atoms with Crippen LogP contribution in [0, 0.1) is 0 Å². The van der Waals surface area contributed by atoms with E-state index in [9.17, 15) is 4.79 Å². The van der Waals surface area contributed by atoms with Crippen LogP contribution in [0.5, 0.6) is 0 Å². The van der Waals surface area contributed by atoms with Gasteiger partial charge in [-0.1, -0.05) is 39.3 Å². The van der Waals surface area contributed by atoms with E-state index in [1.54, 1.807) is 0 Å². The minimum Gasteiger partial charge on any atom is -0.289 e. The molecule has 0 amide bonds. The maximum Gasteiger partial charge on any atom is 0.193 e. The van der Waals surface area contributed by atoms with Crippen molar-refractivity contribution in [2.24, 2.45) is 0 Å². The van der Waals surface area contributed by atoms with E-state index in [2.05, 4.69) is 63.5 Å². The van der Waals surface area contributed by atoms with E-state index in [0.717, 1.165) is 11.1 Å². The number of benzene rings is 2. The highest BCUT2D eigenvalue weighted by Gasteiger charge is 2.17. The zero-order valence-electron chi connectivity index (χ0n) is 15.3. The predicted octanol–water partition coefficient (Wildman–Crippen LogP) is 6.77. The third-order valence-corrected chi connectivity index (χ3v) is 10.4. The average molecular weight is 391 g/mol. The molecular weight excluding hydrogens is 365 g/mol. The second-order valence-electron chi connectivity index (χ2n) is 7.81. The normalized spacial score (nSPS) is 12.2. The second kappa shape index (κ2) is 7.64. The van der Waals surface area contributed by atoms with Gasteiger partial charge >= 0.3 is 0 Å². The Hall–Kier alpha value is -0.756. The third-order valence-electron chi connectivity index (χ3n) is 3.08. The SMILES string of the molecule is C[Si](C)(C)Sc1ccc(C(=O)c2ccc(S[Si](C)(C)C)cc2)cc1. The standard InChI is InChI=1S/C19H26OS2Si2/c1-23(2,3)21-17-11-7-15(8-12-17)19(20)16-9-13-18(14-10-16)22-24(4,5)6/h7-14H,1-6H3. The molecule has 0 radical (unpaired) electrons. The van der Waals surface area contributed by atoms with E-state index < -0.39 is 14.4 Å². The number of ketones is 1. The van der Waals surface area contributed by atoms with Gasteiger partial charge in [-0.3, -0.25) is 4.79 Å². The van der Waals surface area contributed by atoms with Gasteiger partial charge in [0.15, 0.2) is 5.78 Å². The van der Waals surface area contributed by atoms with E-state index in [4.69, 9.17) is 0 Å². The maximum absolute atomic E-state index is 12.6. The van der Waals surface area contributed by atoms with Crippen LogP contribution < -0.4 is 0 Å². The highest BCUT2D eigenvalue weighted by molar-refractivity contribution is 8.29. The number of carbonyl (C=O) groups is 1. The van der Waals surface area contributed by atoms with Crippen molar-refractivity contribution in [2.75, 3.05) is 0 Å². The lowest BCUT2D eigenvalue weighted by atomic mass is 10.0. The Bertz CT molecular complexity index is 635. The van der Waals surface area contributed by atoms with Gasteiger partial charge < -0.3 is 0 Å². The summed E-state index contributed by atoms with van der Waals surface area (Å²) in [4.78, 5) is 15.2. The van der Waals surface area contributed by atoms with Gasteiger partial charge in [-0.05, 0) is 48.5 Å². The van der Waals surface area contributed by atoms with Crippen molar-refractivity contribution < 1.29 is 4.79 Å². The molecule has 128 valence electrons. The summed E-state index contributed by atoms with van der Waals surface area (Å²) in [7, 11) is -2.40. The van der Waals surface area contributed by atoms with Crippen molar-refractivity contribution in [3.8, 4) is 0 Å². The molecule has 0 fully saturated rings. The van der Waals surface area contributed by atoms with Crippen molar-refractivity contribution >= 4 is 42.7 Å². The van der Waals surface area contributed by atoms with Crippen molar-refractivity contribution in [3.05, 3.63) is 59.7 Å². The number of carbonyl (C=O) groups excluding carboxylic acids is 1. The van der Waals surface area contributed by atoms with E-state index in [1.807, 2.05) is 46.7 Å². The van der Waals surface area contributed by atoms with Crippen LogP contribution in [0.25, 0.3) is 0 Å². The summed E-state index contributed by atoms with van der Waals surface area (Å²) in [5, 5.41) is 0. The molecule has 0 heterocycles. The third kappa shape index (κ3) is 6.28. The molecule has 0 aliphatic heterocycles. The highest BCUT2D eigenvalue weighted by atomic mass is 32.4. The molecule has 2 aromatic rings. The van der Waals surface area contributed by atoms with Gasteiger partial charge in [-0.15, -0.1) is 0 Å². The fraction of sp³-hybridized carbons (Fsp3) is 0.316. The molecule has 0 bridgehead atoms. The predicted molar refractivity (Wildman–Crippen MR) is 115 cm³/mol. The second-order valence-corrected chi connectivity index (χ2v) is 26.2. The van der Waals surface area contributed by atoms with Crippen molar-refractivity contribution in [3.63, 3.8) is 0 Å². The molecule has 2 rings (SSSR count). The molecule has 0 aliphatic rings. The summed E-state index contributed by atoms with van der Waals surface area (Å²) < 4.78 is 0. The van der Waals surface area contributed by atoms with E-state index in [-0.39, 0.29) is 5.78 Å². The maximum atomic E-state index is 12.6. The van der Waals surface area contributed by atoms with Gasteiger partial charge in [-0.25, -0.2) is 0 Å². The average Bonchev–Trinajstić information content (AvgIpc) is 2.45. The quantitative estimate of drug-likeness (QED) is 0.400. The lowest BCUT2D eigenvalue weighted by molar-refractivity contribution is 0.103. The summed E-state index contributed by atoms with van der Waals surface area (Å²) in [6.45, 7) is 14.0. The van der Waals surface area contributed by atoms with Gasteiger partial charge in [-0.2, -0.15) is 22.4 Å². The fourth-order valence-corrected chi connectivity index (χ4v) is 9.24. The van der Waals surface area contributed by atoms with Gasteiger partial charge in [0.1, 0.15) is 14.4 Å². The lowest BCUT2D eigenvalue weighted by Gasteiger charge is -2.15. The van der Waals surface area contributed by atoms with Crippen LogP contribution in [-0.4, -0.2) is 20.2 Å². The van der Waals surface area contributed by atoms with Gasteiger partial charge in [0.05, 0.1) is 0 Å². The Morgan fingerprint density at radius 2 is 0.917 bits per heavy atom. The van der Waals surface area contributed by atoms with Crippen LogP contribution in [0.3, 0.4) is 0 Å². The molecular formula is C19H26OS2Si2. The molecule has 0 saturated heterocycles. The van der Waals surface area contributed by atoms with E-state index in [1.165, 1.54) is 9.79 Å². The van der Waals surface area contributed by atoms with Crippen LogP contribution in [0.1, 0.15) is 15.9 Å². The molecule has 2 aromatic carbocycles. The minimum absolute atomic E-state index is 0.101. The zero-order chi connectivity index (χ0) is 18.0. The molecule has 1 nitrogen and oxygen atoms in total. The summed E-state index contributed by atoms with van der Waals surface area (Å²) in [5.74, 6) is 0.101. The first-order valence-corrected chi connectivity index (χ1v) is 18.2. The topological polar surface area (TPSA) is 17.1 Å². The first-order chi connectivity index (χ1) is 11.0. The molecule has 0 aliphatic carbocycles. The summed E-state index contributed by atoms with van der Waals surface area (Å²) >= 11 is 3.91. The molecule has 5 heteroatoms. The highest BCUT2D eigenvalue weighted by Crippen LogP contribution is 2.30. The Balaban J connectivity index is 2.11.